The number of halogens is 3. The Hall–Kier alpha value is -2.77. The molecule has 8 heteroatoms. The third kappa shape index (κ3) is 3.59. The van der Waals surface area contributed by atoms with Gasteiger partial charge in [-0.1, -0.05) is 12.2 Å². The van der Waals surface area contributed by atoms with E-state index in [0.29, 0.717) is 17.0 Å². The van der Waals surface area contributed by atoms with E-state index in [4.69, 9.17) is 9.84 Å². The zero-order chi connectivity index (χ0) is 21.5. The molecule has 0 unspecified atom stereocenters. The average Bonchev–Trinajstić information content (AvgIpc) is 3.07. The van der Waals surface area contributed by atoms with E-state index < -0.39 is 11.9 Å². The first-order valence-electron chi connectivity index (χ1n) is 10.1. The molecule has 0 amide bonds. The van der Waals surface area contributed by atoms with Gasteiger partial charge in [0.05, 0.1) is 24.4 Å². The van der Waals surface area contributed by atoms with E-state index in [1.54, 1.807) is 18.2 Å². The molecule has 1 fully saturated rings. The third-order valence-electron chi connectivity index (χ3n) is 6.08. The lowest BCUT2D eigenvalue weighted by atomic mass is 9.87. The van der Waals surface area contributed by atoms with Crippen LogP contribution in [0.1, 0.15) is 37.4 Å². The SMILES string of the molecule is COc1cc2nn(C3CCC(C=O)CC3)c(C)c2cc1N1CC=CC=C1C(F)(F)F. The van der Waals surface area contributed by atoms with Crippen LogP contribution < -0.4 is 9.64 Å². The Labute approximate surface area is 172 Å². The number of alkyl halides is 3. The molecule has 2 heterocycles. The second kappa shape index (κ2) is 7.81. The summed E-state index contributed by atoms with van der Waals surface area (Å²) in [4.78, 5) is 12.3. The number of anilines is 1. The number of hydrogen-bond acceptors (Lipinski definition) is 4. The van der Waals surface area contributed by atoms with Gasteiger partial charge in [0.15, 0.2) is 0 Å². The summed E-state index contributed by atoms with van der Waals surface area (Å²) in [6, 6.07) is 3.63. The Morgan fingerprint density at radius 2 is 1.93 bits per heavy atom. The van der Waals surface area contributed by atoms with Gasteiger partial charge in [-0.05, 0) is 44.7 Å². The second-order valence-corrected chi connectivity index (χ2v) is 7.86. The average molecular weight is 419 g/mol. The quantitative estimate of drug-likeness (QED) is 0.647. The van der Waals surface area contributed by atoms with Gasteiger partial charge in [0.2, 0.25) is 0 Å². The summed E-state index contributed by atoms with van der Waals surface area (Å²) in [5.41, 5.74) is 1.24. The molecule has 2 aromatic rings. The number of nitrogens with zero attached hydrogens (tertiary/aromatic N) is 3. The number of allylic oxidation sites excluding steroid dienone is 3. The van der Waals surface area contributed by atoms with Crippen LogP contribution in [0, 0.1) is 12.8 Å². The molecule has 0 saturated heterocycles. The van der Waals surface area contributed by atoms with Crippen LogP contribution in [0.3, 0.4) is 0 Å². The number of fused-ring (bicyclic) bond motifs is 1. The zero-order valence-corrected chi connectivity index (χ0v) is 16.9. The van der Waals surface area contributed by atoms with E-state index in [-0.39, 0.29) is 18.5 Å². The Bertz CT molecular complexity index is 1010. The predicted octanol–water partition coefficient (Wildman–Crippen LogP) is 5.11. The Morgan fingerprint density at radius 1 is 1.20 bits per heavy atom. The summed E-state index contributed by atoms with van der Waals surface area (Å²) >= 11 is 0. The Kier molecular flexibility index (Phi) is 5.34. The number of aldehydes is 1. The van der Waals surface area contributed by atoms with Crippen molar-refractivity contribution in [2.75, 3.05) is 18.6 Å². The van der Waals surface area contributed by atoms with E-state index in [1.807, 2.05) is 11.6 Å². The maximum absolute atomic E-state index is 13.6. The second-order valence-electron chi connectivity index (χ2n) is 7.86. The molecule has 160 valence electrons. The molecular weight excluding hydrogens is 395 g/mol. The van der Waals surface area contributed by atoms with Gasteiger partial charge < -0.3 is 14.4 Å². The molecule has 30 heavy (non-hydrogen) atoms. The van der Waals surface area contributed by atoms with Crippen LogP contribution in [0.2, 0.25) is 0 Å². The van der Waals surface area contributed by atoms with Gasteiger partial charge in [-0.15, -0.1) is 0 Å². The van der Waals surface area contributed by atoms with E-state index in [0.717, 1.165) is 49.1 Å². The van der Waals surface area contributed by atoms with Crippen molar-refractivity contribution in [1.82, 2.24) is 9.78 Å². The minimum atomic E-state index is -4.47. The highest BCUT2D eigenvalue weighted by molar-refractivity contribution is 5.89. The molecule has 1 aliphatic carbocycles. The Balaban J connectivity index is 1.75. The maximum Gasteiger partial charge on any atom is 0.431 e. The first-order valence-corrected chi connectivity index (χ1v) is 10.1. The van der Waals surface area contributed by atoms with E-state index >= 15 is 0 Å². The highest BCUT2D eigenvalue weighted by atomic mass is 19.4. The van der Waals surface area contributed by atoms with Crippen LogP contribution in [0.25, 0.3) is 10.9 Å². The maximum atomic E-state index is 13.6. The molecule has 0 atom stereocenters. The molecule has 0 radical (unpaired) electrons. The van der Waals surface area contributed by atoms with Gasteiger partial charge in [-0.2, -0.15) is 18.3 Å². The van der Waals surface area contributed by atoms with Gasteiger partial charge in [0.1, 0.15) is 17.7 Å². The standard InChI is InChI=1S/C22H24F3N3O2/c1-14-17-11-19(27-10-4-3-5-21(27)22(23,24)25)20(30-2)12-18(17)26-28(14)16-8-6-15(13-29)7-9-16/h3-5,11-13,15-16H,6-10H2,1-2H3. The summed E-state index contributed by atoms with van der Waals surface area (Å²) in [5, 5.41) is 5.53. The molecule has 1 aliphatic heterocycles. The summed E-state index contributed by atoms with van der Waals surface area (Å²) in [6.07, 6.45) is 4.12. The van der Waals surface area contributed by atoms with Gasteiger partial charge in [0, 0.05) is 29.6 Å². The van der Waals surface area contributed by atoms with Crippen molar-refractivity contribution in [3.63, 3.8) is 0 Å². The van der Waals surface area contributed by atoms with Crippen LogP contribution in [-0.4, -0.2) is 35.9 Å². The van der Waals surface area contributed by atoms with Crippen molar-refractivity contribution in [3.8, 4) is 5.75 Å². The monoisotopic (exact) mass is 419 g/mol. The minimum Gasteiger partial charge on any atom is -0.494 e. The number of methoxy groups -OCH3 is 1. The molecule has 0 spiro atoms. The number of hydrogen-bond donors (Lipinski definition) is 0. The number of aryl methyl sites for hydroxylation is 1. The Morgan fingerprint density at radius 3 is 2.57 bits per heavy atom. The van der Waals surface area contributed by atoms with Crippen LogP contribution in [0.15, 0.2) is 36.1 Å². The zero-order valence-electron chi connectivity index (χ0n) is 16.9. The molecule has 5 nitrogen and oxygen atoms in total. The lowest BCUT2D eigenvalue weighted by Crippen LogP contribution is -2.33. The number of carbonyl (C=O) groups is 1. The fourth-order valence-corrected chi connectivity index (χ4v) is 4.45. The lowest BCUT2D eigenvalue weighted by Gasteiger charge is -2.30. The predicted molar refractivity (Wildman–Crippen MR) is 109 cm³/mol. The first-order chi connectivity index (χ1) is 14.3. The summed E-state index contributed by atoms with van der Waals surface area (Å²) in [7, 11) is 1.45. The first kappa shape index (κ1) is 20.5. The lowest BCUT2D eigenvalue weighted by molar-refractivity contribution is -0.112. The minimum absolute atomic E-state index is 0.107. The van der Waals surface area contributed by atoms with Crippen LogP contribution >= 0.6 is 0 Å². The van der Waals surface area contributed by atoms with Crippen molar-refractivity contribution in [2.24, 2.45) is 5.92 Å². The summed E-state index contributed by atoms with van der Waals surface area (Å²) in [6.45, 7) is 2.05. The smallest absolute Gasteiger partial charge is 0.431 e. The van der Waals surface area contributed by atoms with Crippen molar-refractivity contribution in [1.29, 1.82) is 0 Å². The normalized spacial score (nSPS) is 22.3. The molecule has 0 bridgehead atoms. The van der Waals surface area contributed by atoms with Gasteiger partial charge in [-0.25, -0.2) is 0 Å². The number of carbonyl (C=O) groups excluding carboxylic acids is 1. The summed E-state index contributed by atoms with van der Waals surface area (Å²) < 4.78 is 48.2. The van der Waals surface area contributed by atoms with Gasteiger partial charge >= 0.3 is 6.18 Å². The van der Waals surface area contributed by atoms with Gasteiger partial charge in [-0.3, -0.25) is 4.68 Å². The molecule has 0 N–H and O–H groups in total. The number of ether oxygens (including phenoxy) is 1. The fourth-order valence-electron chi connectivity index (χ4n) is 4.45. The van der Waals surface area contributed by atoms with Crippen molar-refractivity contribution in [3.05, 3.63) is 41.8 Å². The van der Waals surface area contributed by atoms with E-state index in [2.05, 4.69) is 0 Å². The molecule has 1 aromatic heterocycles. The van der Waals surface area contributed by atoms with Gasteiger partial charge in [0.25, 0.3) is 0 Å². The van der Waals surface area contributed by atoms with Crippen molar-refractivity contribution < 1.29 is 22.7 Å². The van der Waals surface area contributed by atoms with Crippen LogP contribution in [0.5, 0.6) is 5.75 Å². The molecular formula is C22H24F3N3O2. The van der Waals surface area contributed by atoms with E-state index in [1.165, 1.54) is 18.1 Å². The largest absolute Gasteiger partial charge is 0.494 e. The fraction of sp³-hybridized carbons (Fsp3) is 0.455. The van der Waals surface area contributed by atoms with Crippen LogP contribution in [-0.2, 0) is 4.79 Å². The highest BCUT2D eigenvalue weighted by Crippen LogP contribution is 2.41. The third-order valence-corrected chi connectivity index (χ3v) is 6.08. The van der Waals surface area contributed by atoms with Crippen molar-refractivity contribution in [2.45, 2.75) is 44.8 Å². The summed E-state index contributed by atoms with van der Waals surface area (Å²) in [5.74, 6) is 0.459. The van der Waals surface area contributed by atoms with E-state index in [9.17, 15) is 18.0 Å². The highest BCUT2D eigenvalue weighted by Gasteiger charge is 2.39. The number of benzene rings is 1. The number of aromatic nitrogens is 2. The van der Waals surface area contributed by atoms with Crippen LogP contribution in [0.4, 0.5) is 18.9 Å². The molecule has 1 aromatic carbocycles. The number of rotatable bonds is 4. The van der Waals surface area contributed by atoms with Crippen molar-refractivity contribution >= 4 is 22.9 Å². The molecule has 1 saturated carbocycles. The topological polar surface area (TPSA) is 47.4 Å². The molecule has 2 aliphatic rings. The molecule has 4 rings (SSSR count).